The molecular weight excluding hydrogens is 188 g/mol. The van der Waals surface area contributed by atoms with Crippen LogP contribution in [0.15, 0.2) is 12.2 Å². The molecule has 0 aromatic heterocycles. The number of likely N-dealkylation sites (tertiary alicyclic amines) is 1. The lowest BCUT2D eigenvalue weighted by Crippen LogP contribution is -2.28. The van der Waals surface area contributed by atoms with E-state index in [1.54, 1.807) is 6.08 Å². The van der Waals surface area contributed by atoms with E-state index in [2.05, 4.69) is 17.1 Å². The van der Waals surface area contributed by atoms with Crippen molar-refractivity contribution < 1.29 is 4.79 Å². The van der Waals surface area contributed by atoms with Crippen molar-refractivity contribution in [3.63, 3.8) is 0 Å². The van der Waals surface area contributed by atoms with Gasteiger partial charge >= 0.3 is 0 Å². The van der Waals surface area contributed by atoms with E-state index in [9.17, 15) is 4.79 Å². The number of carbonyl (C=O) groups excluding carboxylic acids is 1. The van der Waals surface area contributed by atoms with Crippen molar-refractivity contribution in [2.24, 2.45) is 5.92 Å². The van der Waals surface area contributed by atoms with Gasteiger partial charge in [0.25, 0.3) is 0 Å². The van der Waals surface area contributed by atoms with E-state index in [1.807, 2.05) is 19.9 Å². The van der Waals surface area contributed by atoms with Crippen LogP contribution in [0, 0.1) is 5.92 Å². The van der Waals surface area contributed by atoms with E-state index in [0.29, 0.717) is 0 Å². The van der Waals surface area contributed by atoms with Crippen LogP contribution in [0.5, 0.6) is 0 Å². The molecule has 1 N–H and O–H groups in total. The molecule has 15 heavy (non-hydrogen) atoms. The van der Waals surface area contributed by atoms with Gasteiger partial charge < -0.3 is 5.32 Å². The summed E-state index contributed by atoms with van der Waals surface area (Å²) in [7, 11) is 0. The monoisotopic (exact) mass is 210 g/mol. The van der Waals surface area contributed by atoms with E-state index in [0.717, 1.165) is 25.6 Å². The fraction of sp³-hybridized carbons (Fsp3) is 0.750. The van der Waals surface area contributed by atoms with Crippen molar-refractivity contribution in [1.82, 2.24) is 10.2 Å². The average molecular weight is 210 g/mol. The van der Waals surface area contributed by atoms with Crippen molar-refractivity contribution in [3.05, 3.63) is 12.2 Å². The Kier molecular flexibility index (Phi) is 4.82. The second-order valence-electron chi connectivity index (χ2n) is 4.72. The Labute approximate surface area is 92.5 Å². The molecule has 0 aliphatic carbocycles. The zero-order valence-corrected chi connectivity index (χ0v) is 9.99. The van der Waals surface area contributed by atoms with E-state index >= 15 is 0 Å². The first kappa shape index (κ1) is 12.2. The van der Waals surface area contributed by atoms with Crippen LogP contribution in [0.4, 0.5) is 0 Å². The van der Waals surface area contributed by atoms with Crippen molar-refractivity contribution >= 4 is 5.91 Å². The molecular formula is C12H22N2O. The summed E-state index contributed by atoms with van der Waals surface area (Å²) in [6.07, 6.45) is 4.88. The largest absolute Gasteiger partial charge is 0.350 e. The summed E-state index contributed by atoms with van der Waals surface area (Å²) in [5.74, 6) is 0.820. The highest BCUT2D eigenvalue weighted by molar-refractivity contribution is 5.87. The van der Waals surface area contributed by atoms with Crippen LogP contribution >= 0.6 is 0 Å². The van der Waals surface area contributed by atoms with Crippen LogP contribution in [0.2, 0.25) is 0 Å². The molecule has 0 unspecified atom stereocenters. The molecule has 1 fully saturated rings. The molecule has 1 heterocycles. The van der Waals surface area contributed by atoms with Crippen molar-refractivity contribution in [2.45, 2.75) is 33.2 Å². The van der Waals surface area contributed by atoms with Crippen molar-refractivity contribution in [3.8, 4) is 0 Å². The minimum absolute atomic E-state index is 0.0113. The Hall–Kier alpha value is -0.830. The molecule has 0 saturated carbocycles. The molecule has 3 heteroatoms. The highest BCUT2D eigenvalue weighted by Gasteiger charge is 2.16. The average Bonchev–Trinajstić information content (AvgIpc) is 2.50. The maximum Gasteiger partial charge on any atom is 0.243 e. The number of rotatable bonds is 4. The highest BCUT2D eigenvalue weighted by atomic mass is 16.1. The second-order valence-corrected chi connectivity index (χ2v) is 4.72. The predicted molar refractivity (Wildman–Crippen MR) is 62.6 cm³/mol. The molecule has 0 aromatic rings. The summed E-state index contributed by atoms with van der Waals surface area (Å²) in [4.78, 5) is 13.7. The van der Waals surface area contributed by atoms with Gasteiger partial charge in [0, 0.05) is 25.2 Å². The van der Waals surface area contributed by atoms with Crippen LogP contribution in [0.1, 0.15) is 27.2 Å². The maximum absolute atomic E-state index is 11.3. The zero-order valence-electron chi connectivity index (χ0n) is 9.99. The van der Waals surface area contributed by atoms with E-state index in [4.69, 9.17) is 0 Å². The molecule has 1 atom stereocenters. The Bertz CT molecular complexity index is 236. The molecule has 1 rings (SSSR count). The van der Waals surface area contributed by atoms with Gasteiger partial charge in [-0.1, -0.05) is 13.0 Å². The minimum atomic E-state index is 0.0113. The number of carbonyl (C=O) groups is 1. The number of nitrogens with zero attached hydrogens (tertiary/aromatic N) is 1. The molecule has 1 aliphatic rings. The smallest absolute Gasteiger partial charge is 0.243 e. The molecule has 1 aliphatic heterocycles. The second kappa shape index (κ2) is 5.91. The summed E-state index contributed by atoms with van der Waals surface area (Å²) in [6.45, 7) is 9.43. The lowest BCUT2D eigenvalue weighted by molar-refractivity contribution is -0.116. The third-order valence-electron chi connectivity index (χ3n) is 2.57. The summed E-state index contributed by atoms with van der Waals surface area (Å²) in [5.41, 5.74) is 0. The maximum atomic E-state index is 11.3. The normalized spacial score (nSPS) is 22.8. The quantitative estimate of drug-likeness (QED) is 0.712. The summed E-state index contributed by atoms with van der Waals surface area (Å²) in [5, 5.41) is 2.83. The molecule has 3 nitrogen and oxygen atoms in total. The lowest BCUT2D eigenvalue weighted by Gasteiger charge is -2.11. The van der Waals surface area contributed by atoms with Crippen molar-refractivity contribution in [2.75, 3.05) is 19.6 Å². The first-order chi connectivity index (χ1) is 7.08. The summed E-state index contributed by atoms with van der Waals surface area (Å²) >= 11 is 0. The molecule has 1 amide bonds. The molecule has 1 saturated heterocycles. The van der Waals surface area contributed by atoms with E-state index in [-0.39, 0.29) is 11.9 Å². The van der Waals surface area contributed by atoms with Gasteiger partial charge in [0.1, 0.15) is 0 Å². The van der Waals surface area contributed by atoms with Crippen LogP contribution in [0.3, 0.4) is 0 Å². The van der Waals surface area contributed by atoms with Gasteiger partial charge in [-0.25, -0.2) is 0 Å². The Morgan fingerprint density at radius 2 is 2.33 bits per heavy atom. The fourth-order valence-electron chi connectivity index (χ4n) is 1.83. The Balaban J connectivity index is 2.18. The third kappa shape index (κ3) is 4.98. The SMILES string of the molecule is CC(C)NC(=O)/C=C/CN1CC[C@H](C)C1. The number of amides is 1. The van der Waals surface area contributed by atoms with Crippen LogP contribution in [-0.2, 0) is 4.79 Å². The Morgan fingerprint density at radius 3 is 2.87 bits per heavy atom. The lowest BCUT2D eigenvalue weighted by atomic mass is 10.2. The van der Waals surface area contributed by atoms with Gasteiger partial charge in [0.2, 0.25) is 5.91 Å². The molecule has 0 bridgehead atoms. The van der Waals surface area contributed by atoms with Crippen molar-refractivity contribution in [1.29, 1.82) is 0 Å². The van der Waals surface area contributed by atoms with Gasteiger partial charge in [0.15, 0.2) is 0 Å². The van der Waals surface area contributed by atoms with Crippen LogP contribution in [0.25, 0.3) is 0 Å². The predicted octanol–water partition coefficient (Wildman–Crippen LogP) is 1.41. The Morgan fingerprint density at radius 1 is 1.60 bits per heavy atom. The third-order valence-corrected chi connectivity index (χ3v) is 2.57. The summed E-state index contributed by atoms with van der Waals surface area (Å²) < 4.78 is 0. The highest BCUT2D eigenvalue weighted by Crippen LogP contribution is 2.14. The van der Waals surface area contributed by atoms with Gasteiger partial charge in [-0.2, -0.15) is 0 Å². The van der Waals surface area contributed by atoms with Gasteiger partial charge in [-0.15, -0.1) is 0 Å². The first-order valence-corrected chi connectivity index (χ1v) is 5.77. The number of hydrogen-bond donors (Lipinski definition) is 1. The topological polar surface area (TPSA) is 32.3 Å². The van der Waals surface area contributed by atoms with E-state index < -0.39 is 0 Å². The number of nitrogens with one attached hydrogen (secondary N) is 1. The molecule has 0 radical (unpaired) electrons. The standard InChI is InChI=1S/C12H22N2O/c1-10(2)13-12(15)5-4-7-14-8-6-11(3)9-14/h4-5,10-11H,6-9H2,1-3H3,(H,13,15)/b5-4+/t11-/m0/s1. The number of hydrogen-bond acceptors (Lipinski definition) is 2. The minimum Gasteiger partial charge on any atom is -0.350 e. The van der Waals surface area contributed by atoms with Gasteiger partial charge in [-0.3, -0.25) is 9.69 Å². The molecule has 0 spiro atoms. The van der Waals surface area contributed by atoms with Crippen LogP contribution < -0.4 is 5.32 Å². The summed E-state index contributed by atoms with van der Waals surface area (Å²) in [6, 6.07) is 0.217. The fourth-order valence-corrected chi connectivity index (χ4v) is 1.83. The molecule has 86 valence electrons. The molecule has 0 aromatic carbocycles. The van der Waals surface area contributed by atoms with Gasteiger partial charge in [-0.05, 0) is 32.7 Å². The van der Waals surface area contributed by atoms with E-state index in [1.165, 1.54) is 6.42 Å². The zero-order chi connectivity index (χ0) is 11.3. The van der Waals surface area contributed by atoms with Gasteiger partial charge in [0.05, 0.1) is 0 Å². The van der Waals surface area contributed by atoms with Crippen LogP contribution in [-0.4, -0.2) is 36.5 Å². The first-order valence-electron chi connectivity index (χ1n) is 5.77.